The molecule has 0 spiro atoms. The van der Waals surface area contributed by atoms with Gasteiger partial charge in [-0.05, 0) is 25.7 Å². The van der Waals surface area contributed by atoms with Gasteiger partial charge in [0.2, 0.25) is 0 Å². The first-order chi connectivity index (χ1) is 8.52. The number of hydrogen-bond donors (Lipinski definition) is 1. The van der Waals surface area contributed by atoms with Crippen LogP contribution >= 0.6 is 0 Å². The number of carbonyl (C=O) groups is 1. The highest BCUT2D eigenvalue weighted by Gasteiger charge is 2.40. The van der Waals surface area contributed by atoms with Gasteiger partial charge in [-0.15, -0.1) is 0 Å². The van der Waals surface area contributed by atoms with E-state index in [1.807, 2.05) is 13.8 Å². The summed E-state index contributed by atoms with van der Waals surface area (Å²) in [5.41, 5.74) is -1.30. The maximum atomic E-state index is 11.8. The summed E-state index contributed by atoms with van der Waals surface area (Å²) >= 11 is 0. The Morgan fingerprint density at radius 1 is 1.17 bits per heavy atom. The van der Waals surface area contributed by atoms with Crippen molar-refractivity contribution in [1.82, 2.24) is 0 Å². The molecule has 108 valence electrons. The molecule has 0 rings (SSSR count). The van der Waals surface area contributed by atoms with E-state index in [2.05, 4.69) is 6.92 Å². The van der Waals surface area contributed by atoms with Crippen molar-refractivity contribution in [2.45, 2.75) is 78.2 Å². The number of rotatable bonds is 10. The van der Waals surface area contributed by atoms with E-state index in [1.54, 1.807) is 6.92 Å². The van der Waals surface area contributed by atoms with Crippen LogP contribution in [-0.4, -0.2) is 23.3 Å². The van der Waals surface area contributed by atoms with Gasteiger partial charge in [0.15, 0.2) is 5.60 Å². The second-order valence-corrected chi connectivity index (χ2v) is 5.10. The van der Waals surface area contributed by atoms with Crippen LogP contribution in [0.5, 0.6) is 0 Å². The van der Waals surface area contributed by atoms with Crippen LogP contribution in [0.2, 0.25) is 0 Å². The van der Waals surface area contributed by atoms with E-state index in [1.165, 1.54) is 25.7 Å². The summed E-state index contributed by atoms with van der Waals surface area (Å²) in [7, 11) is 0. The summed E-state index contributed by atoms with van der Waals surface area (Å²) in [5, 5.41) is 10.4. The number of ether oxygens (including phenoxy) is 1. The van der Waals surface area contributed by atoms with Crippen LogP contribution in [0, 0.1) is 5.92 Å². The lowest BCUT2D eigenvalue weighted by molar-refractivity contribution is -0.171. The van der Waals surface area contributed by atoms with Gasteiger partial charge >= 0.3 is 5.97 Å². The van der Waals surface area contributed by atoms with Crippen molar-refractivity contribution in [3.8, 4) is 0 Å². The monoisotopic (exact) mass is 258 g/mol. The zero-order chi connectivity index (χ0) is 14.0. The molecule has 0 radical (unpaired) electrons. The van der Waals surface area contributed by atoms with Crippen LogP contribution in [0.25, 0.3) is 0 Å². The number of hydrogen-bond acceptors (Lipinski definition) is 3. The van der Waals surface area contributed by atoms with Crippen molar-refractivity contribution >= 4 is 5.97 Å². The highest BCUT2D eigenvalue weighted by atomic mass is 16.5. The van der Waals surface area contributed by atoms with Crippen LogP contribution < -0.4 is 0 Å². The van der Waals surface area contributed by atoms with Crippen molar-refractivity contribution < 1.29 is 14.6 Å². The van der Waals surface area contributed by atoms with E-state index < -0.39 is 11.6 Å². The predicted molar refractivity (Wildman–Crippen MR) is 74.4 cm³/mol. The summed E-state index contributed by atoms with van der Waals surface area (Å²) in [6.45, 7) is 8.07. The average Bonchev–Trinajstić information content (AvgIpc) is 2.37. The zero-order valence-corrected chi connectivity index (χ0v) is 12.5. The molecule has 0 aliphatic rings. The van der Waals surface area contributed by atoms with Crippen molar-refractivity contribution in [2.75, 3.05) is 6.61 Å². The third kappa shape index (κ3) is 5.38. The SMILES string of the molecule is CCCCCCCC(C)C(O)(CC)C(=O)OCC. The van der Waals surface area contributed by atoms with E-state index in [0.717, 1.165) is 12.8 Å². The van der Waals surface area contributed by atoms with E-state index in [9.17, 15) is 9.90 Å². The number of aliphatic hydroxyl groups is 1. The van der Waals surface area contributed by atoms with Crippen molar-refractivity contribution in [3.63, 3.8) is 0 Å². The van der Waals surface area contributed by atoms with Gasteiger partial charge in [0, 0.05) is 0 Å². The minimum absolute atomic E-state index is 0.0387. The standard InChI is InChI=1S/C15H30O3/c1-5-8-9-10-11-12-13(4)15(17,6-2)14(16)18-7-3/h13,17H,5-12H2,1-4H3. The topological polar surface area (TPSA) is 46.5 Å². The van der Waals surface area contributed by atoms with Gasteiger partial charge in [0.05, 0.1) is 6.61 Å². The minimum Gasteiger partial charge on any atom is -0.464 e. The van der Waals surface area contributed by atoms with E-state index >= 15 is 0 Å². The molecule has 0 aromatic rings. The molecule has 18 heavy (non-hydrogen) atoms. The quantitative estimate of drug-likeness (QED) is 0.480. The van der Waals surface area contributed by atoms with Crippen LogP contribution in [0.15, 0.2) is 0 Å². The molecular formula is C15H30O3. The second-order valence-electron chi connectivity index (χ2n) is 5.10. The molecule has 0 aromatic heterocycles. The summed E-state index contributed by atoms with van der Waals surface area (Å²) in [4.78, 5) is 11.8. The lowest BCUT2D eigenvalue weighted by Crippen LogP contribution is -2.45. The molecule has 0 aromatic carbocycles. The predicted octanol–water partition coefficient (Wildman–Crippen LogP) is 3.69. The first kappa shape index (κ1) is 17.4. The van der Waals surface area contributed by atoms with Crippen LogP contribution in [0.3, 0.4) is 0 Å². The van der Waals surface area contributed by atoms with Gasteiger partial charge in [-0.1, -0.05) is 52.9 Å². The van der Waals surface area contributed by atoms with E-state index in [4.69, 9.17) is 4.74 Å². The summed E-state index contributed by atoms with van der Waals surface area (Å²) in [5.74, 6) is -0.503. The Bertz CT molecular complexity index is 228. The fourth-order valence-corrected chi connectivity index (χ4v) is 2.24. The first-order valence-corrected chi connectivity index (χ1v) is 7.42. The van der Waals surface area contributed by atoms with Crippen LogP contribution in [-0.2, 0) is 9.53 Å². The first-order valence-electron chi connectivity index (χ1n) is 7.42. The third-order valence-corrected chi connectivity index (χ3v) is 3.72. The largest absolute Gasteiger partial charge is 0.464 e. The lowest BCUT2D eigenvalue weighted by atomic mass is 9.83. The van der Waals surface area contributed by atoms with Gasteiger partial charge in [0.25, 0.3) is 0 Å². The minimum atomic E-state index is -1.30. The zero-order valence-electron chi connectivity index (χ0n) is 12.5. The van der Waals surface area contributed by atoms with Gasteiger partial charge in [-0.25, -0.2) is 4.79 Å². The molecule has 1 N–H and O–H groups in total. The Morgan fingerprint density at radius 3 is 2.28 bits per heavy atom. The van der Waals surface area contributed by atoms with Gasteiger partial charge < -0.3 is 9.84 Å². The molecule has 0 amide bonds. The number of unbranched alkanes of at least 4 members (excludes halogenated alkanes) is 4. The van der Waals surface area contributed by atoms with Gasteiger partial charge in [-0.3, -0.25) is 0 Å². The normalized spacial score (nSPS) is 16.1. The Labute approximate surface area is 112 Å². The molecule has 0 aliphatic heterocycles. The highest BCUT2D eigenvalue weighted by Crippen LogP contribution is 2.27. The Morgan fingerprint density at radius 2 is 1.78 bits per heavy atom. The molecule has 0 aliphatic carbocycles. The fourth-order valence-electron chi connectivity index (χ4n) is 2.24. The maximum absolute atomic E-state index is 11.8. The molecular weight excluding hydrogens is 228 g/mol. The van der Waals surface area contributed by atoms with E-state index in [-0.39, 0.29) is 5.92 Å². The molecule has 0 fully saturated rings. The summed E-state index contributed by atoms with van der Waals surface area (Å²) < 4.78 is 4.97. The summed E-state index contributed by atoms with van der Waals surface area (Å²) in [6.07, 6.45) is 7.30. The maximum Gasteiger partial charge on any atom is 0.338 e. The van der Waals surface area contributed by atoms with Crippen LogP contribution in [0.4, 0.5) is 0 Å². The average molecular weight is 258 g/mol. The van der Waals surface area contributed by atoms with E-state index in [0.29, 0.717) is 13.0 Å². The summed E-state index contributed by atoms with van der Waals surface area (Å²) in [6, 6.07) is 0. The Kier molecular flexibility index (Phi) is 9.08. The molecule has 3 nitrogen and oxygen atoms in total. The molecule has 2 unspecified atom stereocenters. The second kappa shape index (κ2) is 9.37. The van der Waals surface area contributed by atoms with Gasteiger partial charge in [-0.2, -0.15) is 0 Å². The smallest absolute Gasteiger partial charge is 0.338 e. The molecule has 0 saturated heterocycles. The van der Waals surface area contributed by atoms with Crippen LogP contribution in [0.1, 0.15) is 72.6 Å². The van der Waals surface area contributed by atoms with Crippen molar-refractivity contribution in [1.29, 1.82) is 0 Å². The Balaban J connectivity index is 4.16. The highest BCUT2D eigenvalue weighted by molar-refractivity contribution is 5.79. The third-order valence-electron chi connectivity index (χ3n) is 3.72. The molecule has 0 bridgehead atoms. The fraction of sp³-hybridized carbons (Fsp3) is 0.933. The van der Waals surface area contributed by atoms with Crippen molar-refractivity contribution in [2.24, 2.45) is 5.92 Å². The molecule has 2 atom stereocenters. The molecule has 3 heteroatoms. The lowest BCUT2D eigenvalue weighted by Gasteiger charge is -2.30. The molecule has 0 saturated carbocycles. The van der Waals surface area contributed by atoms with Gasteiger partial charge in [0.1, 0.15) is 0 Å². The number of carbonyl (C=O) groups excluding carboxylic acids is 1. The number of esters is 1. The molecule has 0 heterocycles. The van der Waals surface area contributed by atoms with Crippen molar-refractivity contribution in [3.05, 3.63) is 0 Å². The Hall–Kier alpha value is -0.570.